The summed E-state index contributed by atoms with van der Waals surface area (Å²) in [6, 6.07) is 7.83. The lowest BCUT2D eigenvalue weighted by molar-refractivity contribution is 0.193. The Morgan fingerprint density at radius 2 is 2.00 bits per heavy atom. The van der Waals surface area contributed by atoms with E-state index >= 15 is 0 Å². The second-order valence-electron chi connectivity index (χ2n) is 6.79. The van der Waals surface area contributed by atoms with Crippen LogP contribution in [0.3, 0.4) is 0 Å². The van der Waals surface area contributed by atoms with Crippen molar-refractivity contribution in [1.82, 2.24) is 10.2 Å². The molecule has 1 aromatic carbocycles. The van der Waals surface area contributed by atoms with E-state index in [4.69, 9.17) is 0 Å². The van der Waals surface area contributed by atoms with Crippen LogP contribution < -0.4 is 5.32 Å². The largest absolute Gasteiger partial charge is 0.316 e. The first-order chi connectivity index (χ1) is 9.72. The summed E-state index contributed by atoms with van der Waals surface area (Å²) in [4.78, 5) is 2.74. The molecule has 1 saturated heterocycles. The molecule has 1 aliphatic carbocycles. The van der Waals surface area contributed by atoms with Crippen molar-refractivity contribution in [1.29, 1.82) is 0 Å². The van der Waals surface area contributed by atoms with E-state index in [2.05, 4.69) is 42.3 Å². The summed E-state index contributed by atoms with van der Waals surface area (Å²) in [7, 11) is 0. The Labute approximate surface area is 123 Å². The molecule has 0 aromatic heterocycles. The van der Waals surface area contributed by atoms with Gasteiger partial charge >= 0.3 is 0 Å². The number of benzene rings is 1. The molecule has 2 nitrogen and oxygen atoms in total. The summed E-state index contributed by atoms with van der Waals surface area (Å²) in [5.41, 5.74) is 4.32. The second kappa shape index (κ2) is 6.28. The van der Waals surface area contributed by atoms with E-state index in [1.807, 2.05) is 0 Å². The lowest BCUT2D eigenvalue weighted by Gasteiger charge is -2.30. The quantitative estimate of drug-likeness (QED) is 0.885. The van der Waals surface area contributed by atoms with E-state index < -0.39 is 0 Å². The highest BCUT2D eigenvalue weighted by Crippen LogP contribution is 2.30. The molecule has 1 heterocycles. The maximum absolute atomic E-state index is 3.55. The summed E-state index contributed by atoms with van der Waals surface area (Å²) in [6.45, 7) is 9.29. The van der Waals surface area contributed by atoms with Crippen LogP contribution in [0.2, 0.25) is 0 Å². The number of rotatable bonds is 5. The van der Waals surface area contributed by atoms with Gasteiger partial charge in [0.25, 0.3) is 0 Å². The Morgan fingerprint density at radius 3 is 2.65 bits per heavy atom. The van der Waals surface area contributed by atoms with Crippen molar-refractivity contribution in [3.05, 3.63) is 34.9 Å². The highest BCUT2D eigenvalue weighted by atomic mass is 15.2. The first-order valence-corrected chi connectivity index (χ1v) is 8.23. The van der Waals surface area contributed by atoms with Crippen LogP contribution in [-0.2, 0) is 6.54 Å². The van der Waals surface area contributed by atoms with E-state index in [0.29, 0.717) is 0 Å². The van der Waals surface area contributed by atoms with Crippen molar-refractivity contribution in [3.63, 3.8) is 0 Å². The third kappa shape index (κ3) is 3.62. The molecule has 20 heavy (non-hydrogen) atoms. The van der Waals surface area contributed by atoms with Crippen LogP contribution in [0.15, 0.2) is 18.2 Å². The molecule has 110 valence electrons. The van der Waals surface area contributed by atoms with Crippen LogP contribution in [0.25, 0.3) is 0 Å². The van der Waals surface area contributed by atoms with Crippen LogP contribution in [0, 0.1) is 19.8 Å². The van der Waals surface area contributed by atoms with Crippen LogP contribution in [-0.4, -0.2) is 30.6 Å². The molecular weight excluding hydrogens is 244 g/mol. The normalized spacial score (nSPS) is 23.2. The minimum absolute atomic E-state index is 0.857. The van der Waals surface area contributed by atoms with Gasteiger partial charge in [0.2, 0.25) is 0 Å². The maximum atomic E-state index is 3.55. The van der Waals surface area contributed by atoms with Gasteiger partial charge in [-0.2, -0.15) is 0 Å². The Balaban J connectivity index is 1.62. The Morgan fingerprint density at radius 1 is 1.15 bits per heavy atom. The lowest BCUT2D eigenvalue weighted by Crippen LogP contribution is -2.39. The molecule has 1 aliphatic heterocycles. The molecule has 0 amide bonds. The van der Waals surface area contributed by atoms with Crippen LogP contribution >= 0.6 is 0 Å². The summed E-state index contributed by atoms with van der Waals surface area (Å²) in [5.74, 6) is 0.857. The van der Waals surface area contributed by atoms with Crippen LogP contribution in [0.4, 0.5) is 0 Å². The predicted molar refractivity (Wildman–Crippen MR) is 84.9 cm³/mol. The molecule has 2 aliphatic rings. The Kier molecular flexibility index (Phi) is 4.42. The van der Waals surface area contributed by atoms with E-state index in [1.165, 1.54) is 62.0 Å². The summed E-state index contributed by atoms with van der Waals surface area (Å²) < 4.78 is 0. The van der Waals surface area contributed by atoms with Crippen molar-refractivity contribution in [3.8, 4) is 0 Å². The van der Waals surface area contributed by atoms with E-state index in [0.717, 1.165) is 18.5 Å². The zero-order valence-corrected chi connectivity index (χ0v) is 13.0. The molecule has 0 spiro atoms. The van der Waals surface area contributed by atoms with Gasteiger partial charge in [-0.3, -0.25) is 4.90 Å². The van der Waals surface area contributed by atoms with Crippen molar-refractivity contribution in [2.75, 3.05) is 19.6 Å². The molecule has 3 rings (SSSR count). The smallest absolute Gasteiger partial charge is 0.0236 e. The fraction of sp³-hybridized carbons (Fsp3) is 0.667. The van der Waals surface area contributed by atoms with E-state index in [9.17, 15) is 0 Å². The van der Waals surface area contributed by atoms with Crippen molar-refractivity contribution in [2.24, 2.45) is 5.92 Å². The van der Waals surface area contributed by atoms with Crippen molar-refractivity contribution >= 4 is 0 Å². The zero-order valence-electron chi connectivity index (χ0n) is 13.0. The van der Waals surface area contributed by atoms with Gasteiger partial charge in [0, 0.05) is 19.1 Å². The molecule has 2 heteroatoms. The first-order valence-electron chi connectivity index (χ1n) is 8.23. The monoisotopic (exact) mass is 272 g/mol. The molecule has 1 aromatic rings. The third-order valence-corrected chi connectivity index (χ3v) is 4.91. The number of hydrogen-bond donors (Lipinski definition) is 1. The number of nitrogens with one attached hydrogen (secondary N) is 1. The van der Waals surface area contributed by atoms with Gasteiger partial charge in [-0.1, -0.05) is 18.2 Å². The lowest BCUT2D eigenvalue weighted by atomic mass is 9.98. The molecule has 1 atom stereocenters. The van der Waals surface area contributed by atoms with Gasteiger partial charge in [0.1, 0.15) is 0 Å². The molecule has 0 bridgehead atoms. The zero-order chi connectivity index (χ0) is 13.9. The average molecular weight is 272 g/mol. The van der Waals surface area contributed by atoms with E-state index in [1.54, 1.807) is 0 Å². The first kappa shape index (κ1) is 14.1. The van der Waals surface area contributed by atoms with Crippen LogP contribution in [0.1, 0.15) is 42.4 Å². The SMILES string of the molecule is Cc1ccc(CN(CC2CCCNC2)C2CC2)cc1C. The Bertz CT molecular complexity index is 445. The second-order valence-corrected chi connectivity index (χ2v) is 6.79. The highest BCUT2D eigenvalue weighted by Gasteiger charge is 2.30. The number of hydrogen-bond acceptors (Lipinski definition) is 2. The van der Waals surface area contributed by atoms with Crippen LogP contribution in [0.5, 0.6) is 0 Å². The van der Waals surface area contributed by atoms with Gasteiger partial charge in [-0.15, -0.1) is 0 Å². The third-order valence-electron chi connectivity index (χ3n) is 4.91. The molecular formula is C18H28N2. The number of nitrogens with zero attached hydrogens (tertiary/aromatic N) is 1. The van der Waals surface area contributed by atoms with Crippen molar-refractivity contribution < 1.29 is 0 Å². The van der Waals surface area contributed by atoms with Gasteiger partial charge in [-0.05, 0) is 75.2 Å². The summed E-state index contributed by atoms with van der Waals surface area (Å²) >= 11 is 0. The van der Waals surface area contributed by atoms with Crippen molar-refractivity contribution in [2.45, 2.75) is 52.1 Å². The summed E-state index contributed by atoms with van der Waals surface area (Å²) in [6.07, 6.45) is 5.58. The van der Waals surface area contributed by atoms with E-state index in [-0.39, 0.29) is 0 Å². The standard InChI is InChI=1S/C18H28N2/c1-14-5-6-16(10-15(14)2)12-20(18-7-8-18)13-17-4-3-9-19-11-17/h5-6,10,17-19H,3-4,7-9,11-13H2,1-2H3. The average Bonchev–Trinajstić information content (AvgIpc) is 3.28. The maximum Gasteiger partial charge on any atom is 0.0236 e. The minimum atomic E-state index is 0.857. The molecule has 1 saturated carbocycles. The number of aryl methyl sites for hydroxylation is 2. The summed E-state index contributed by atoms with van der Waals surface area (Å²) in [5, 5.41) is 3.55. The topological polar surface area (TPSA) is 15.3 Å². The molecule has 1 unspecified atom stereocenters. The fourth-order valence-corrected chi connectivity index (χ4v) is 3.33. The minimum Gasteiger partial charge on any atom is -0.316 e. The number of piperidine rings is 1. The molecule has 2 fully saturated rings. The molecule has 1 N–H and O–H groups in total. The van der Waals surface area contributed by atoms with Gasteiger partial charge in [-0.25, -0.2) is 0 Å². The fourth-order valence-electron chi connectivity index (χ4n) is 3.33. The van der Waals surface area contributed by atoms with Gasteiger partial charge < -0.3 is 5.32 Å². The van der Waals surface area contributed by atoms with Gasteiger partial charge in [0.05, 0.1) is 0 Å². The highest BCUT2D eigenvalue weighted by molar-refractivity contribution is 5.30. The van der Waals surface area contributed by atoms with Gasteiger partial charge in [0.15, 0.2) is 0 Å². The Hall–Kier alpha value is -0.860. The molecule has 0 radical (unpaired) electrons. The predicted octanol–water partition coefficient (Wildman–Crippen LogP) is 3.27.